The van der Waals surface area contributed by atoms with Crippen molar-refractivity contribution >= 4 is 28.4 Å². The molecule has 3 aromatic rings. The van der Waals surface area contributed by atoms with Crippen molar-refractivity contribution in [1.82, 2.24) is 10.3 Å². The monoisotopic (exact) mass is 588 g/mol. The fourth-order valence-corrected chi connectivity index (χ4v) is 4.91. The molecule has 0 unspecified atom stereocenters. The SMILES string of the molecule is C[N+](CCN)(CCN)CCC[C@H](N)C(=O)N[C@@H](CCc1cccc(C(F)(F)F)c1)C(=O)Nc1cnc2ccccc2c1. The van der Waals surface area contributed by atoms with Crippen LogP contribution in [-0.2, 0) is 22.2 Å². The smallest absolute Gasteiger partial charge is 0.343 e. The quantitative estimate of drug-likeness (QED) is 0.172. The number of fused-ring (bicyclic) bond motifs is 1. The molecule has 0 bridgehead atoms. The molecule has 1 aromatic heterocycles. The molecule has 3 rings (SSSR count). The summed E-state index contributed by atoms with van der Waals surface area (Å²) in [5, 5.41) is 6.32. The third kappa shape index (κ3) is 9.76. The molecule has 0 saturated heterocycles. The fourth-order valence-electron chi connectivity index (χ4n) is 4.91. The van der Waals surface area contributed by atoms with Crippen LogP contribution in [0.2, 0.25) is 0 Å². The maximum absolute atomic E-state index is 13.3. The zero-order valence-corrected chi connectivity index (χ0v) is 23.9. The first kappa shape index (κ1) is 32.9. The number of hydrogen-bond acceptors (Lipinski definition) is 6. The van der Waals surface area contributed by atoms with Crippen molar-refractivity contribution in [3.8, 4) is 0 Å². The number of pyridine rings is 1. The van der Waals surface area contributed by atoms with Crippen molar-refractivity contribution in [2.45, 2.75) is 43.9 Å². The van der Waals surface area contributed by atoms with Gasteiger partial charge < -0.3 is 32.3 Å². The summed E-state index contributed by atoms with van der Waals surface area (Å²) in [4.78, 5) is 30.8. The molecule has 2 atom stereocenters. The van der Waals surface area contributed by atoms with Crippen LogP contribution in [-0.4, -0.2) is 73.1 Å². The summed E-state index contributed by atoms with van der Waals surface area (Å²) in [6.07, 6.45) is -1.76. The number of nitrogens with zero attached hydrogens (tertiary/aromatic N) is 2. The number of hydrogen-bond donors (Lipinski definition) is 5. The molecule has 0 aliphatic heterocycles. The molecule has 1 heterocycles. The number of likely N-dealkylation sites (N-methyl/N-ethyl adjacent to an activating group) is 1. The highest BCUT2D eigenvalue weighted by Crippen LogP contribution is 2.30. The summed E-state index contributed by atoms with van der Waals surface area (Å²) < 4.78 is 40.3. The number of benzene rings is 2. The maximum atomic E-state index is 13.3. The van der Waals surface area contributed by atoms with Crippen LogP contribution in [0.3, 0.4) is 0 Å². The molecule has 12 heteroatoms. The van der Waals surface area contributed by atoms with E-state index in [1.165, 1.54) is 12.3 Å². The fraction of sp³-hybridized carbons (Fsp3) is 0.433. The van der Waals surface area contributed by atoms with Crippen LogP contribution in [0.15, 0.2) is 60.8 Å². The van der Waals surface area contributed by atoms with Gasteiger partial charge in [0.25, 0.3) is 0 Å². The third-order valence-corrected chi connectivity index (χ3v) is 7.35. The Morgan fingerprint density at radius 3 is 2.36 bits per heavy atom. The van der Waals surface area contributed by atoms with Gasteiger partial charge in [-0.1, -0.05) is 36.4 Å². The lowest BCUT2D eigenvalue weighted by Crippen LogP contribution is -2.52. The van der Waals surface area contributed by atoms with Crippen molar-refractivity contribution in [3.05, 3.63) is 71.9 Å². The molecule has 2 amide bonds. The van der Waals surface area contributed by atoms with Crippen LogP contribution in [0.4, 0.5) is 18.9 Å². The number of halogens is 3. The number of carbonyl (C=O) groups is 2. The molecule has 228 valence electrons. The minimum Gasteiger partial charge on any atom is -0.343 e. The average Bonchev–Trinajstić information content (AvgIpc) is 2.94. The van der Waals surface area contributed by atoms with Crippen molar-refractivity contribution in [3.63, 3.8) is 0 Å². The lowest BCUT2D eigenvalue weighted by molar-refractivity contribution is -0.907. The van der Waals surface area contributed by atoms with Gasteiger partial charge in [0.1, 0.15) is 6.04 Å². The minimum absolute atomic E-state index is 0.0641. The standard InChI is InChI=1S/C30H40F3N7O2/c1-40(16-13-34,17-14-35)15-5-9-25(36)28(41)39-27(12-11-21-6-4-8-23(18-21)30(31,32)33)29(42)38-24-19-22-7-2-3-10-26(22)37-20-24/h2-4,6-8,10,18-20,25,27H,5,9,11-17,34-36H2,1H3,(H-,38,39,41,42)/p+1/t25-,27-/m0/s1. The number of rotatable bonds is 15. The van der Waals surface area contributed by atoms with Crippen LogP contribution in [0.1, 0.15) is 30.4 Å². The number of anilines is 1. The highest BCUT2D eigenvalue weighted by molar-refractivity contribution is 5.98. The van der Waals surface area contributed by atoms with Gasteiger partial charge >= 0.3 is 6.18 Å². The zero-order valence-electron chi connectivity index (χ0n) is 23.9. The Labute approximate surface area is 244 Å². The van der Waals surface area contributed by atoms with Gasteiger partial charge in [-0.2, -0.15) is 13.2 Å². The van der Waals surface area contributed by atoms with Crippen LogP contribution in [0.25, 0.3) is 10.9 Å². The summed E-state index contributed by atoms with van der Waals surface area (Å²) in [5.41, 5.74) is 18.5. The van der Waals surface area contributed by atoms with Gasteiger partial charge in [0.05, 0.1) is 55.7 Å². The van der Waals surface area contributed by atoms with Crippen LogP contribution >= 0.6 is 0 Å². The number of aryl methyl sites for hydroxylation is 1. The van der Waals surface area contributed by atoms with E-state index in [2.05, 4.69) is 22.7 Å². The van der Waals surface area contributed by atoms with Gasteiger partial charge in [0.2, 0.25) is 11.8 Å². The lowest BCUT2D eigenvalue weighted by atomic mass is 10.0. The number of amides is 2. The van der Waals surface area contributed by atoms with Gasteiger partial charge in [0.15, 0.2) is 0 Å². The number of quaternary nitrogens is 1. The predicted octanol–water partition coefficient (Wildman–Crippen LogP) is 2.78. The van der Waals surface area contributed by atoms with Crippen molar-refractivity contribution < 1.29 is 27.2 Å². The van der Waals surface area contributed by atoms with Gasteiger partial charge in [0, 0.05) is 18.5 Å². The molecular weight excluding hydrogens is 547 g/mol. The van der Waals surface area contributed by atoms with E-state index in [1.807, 2.05) is 24.3 Å². The number of nitrogens with two attached hydrogens (primary N) is 3. The molecule has 0 fully saturated rings. The molecule has 0 aliphatic rings. The molecular formula is C30H41F3N7O2+. The van der Waals surface area contributed by atoms with E-state index >= 15 is 0 Å². The predicted molar refractivity (Wildman–Crippen MR) is 158 cm³/mol. The summed E-state index contributed by atoms with van der Waals surface area (Å²) in [6.45, 7) is 3.26. The highest BCUT2D eigenvalue weighted by atomic mass is 19.4. The van der Waals surface area contributed by atoms with Crippen molar-refractivity contribution in [1.29, 1.82) is 0 Å². The van der Waals surface area contributed by atoms with E-state index in [9.17, 15) is 22.8 Å². The van der Waals surface area contributed by atoms with Crippen molar-refractivity contribution in [2.75, 3.05) is 45.1 Å². The Bertz CT molecular complexity index is 1330. The minimum atomic E-state index is -4.49. The third-order valence-electron chi connectivity index (χ3n) is 7.35. The lowest BCUT2D eigenvalue weighted by Gasteiger charge is -2.34. The number of aromatic nitrogens is 1. The number of carbonyl (C=O) groups excluding carboxylic acids is 2. The number of nitrogens with one attached hydrogen (secondary N) is 2. The summed E-state index contributed by atoms with van der Waals surface area (Å²) in [6, 6.07) is 12.2. The van der Waals surface area contributed by atoms with Crippen molar-refractivity contribution in [2.24, 2.45) is 17.2 Å². The molecule has 42 heavy (non-hydrogen) atoms. The molecule has 8 N–H and O–H groups in total. The van der Waals surface area contributed by atoms with E-state index in [-0.39, 0.29) is 12.8 Å². The average molecular weight is 589 g/mol. The Kier molecular flexibility index (Phi) is 11.8. The topological polar surface area (TPSA) is 149 Å². The number of alkyl halides is 3. The Balaban J connectivity index is 1.70. The number of para-hydroxylation sites is 1. The van der Waals surface area contributed by atoms with Gasteiger partial charge in [-0.15, -0.1) is 0 Å². The summed E-state index contributed by atoms with van der Waals surface area (Å²) in [5.74, 6) is -1.03. The van der Waals surface area contributed by atoms with Crippen LogP contribution in [0.5, 0.6) is 0 Å². The Morgan fingerprint density at radius 1 is 0.952 bits per heavy atom. The molecule has 0 spiro atoms. The second-order valence-electron chi connectivity index (χ2n) is 10.8. The van der Waals surface area contributed by atoms with E-state index < -0.39 is 35.6 Å². The first-order valence-corrected chi connectivity index (χ1v) is 14.1. The van der Waals surface area contributed by atoms with E-state index in [0.29, 0.717) is 41.7 Å². The molecule has 9 nitrogen and oxygen atoms in total. The van der Waals surface area contributed by atoms with Gasteiger partial charge in [-0.25, -0.2) is 0 Å². The molecule has 0 aliphatic carbocycles. The second kappa shape index (κ2) is 15.1. The highest BCUT2D eigenvalue weighted by Gasteiger charge is 2.31. The maximum Gasteiger partial charge on any atom is 0.416 e. The Morgan fingerprint density at radius 2 is 1.67 bits per heavy atom. The van der Waals surface area contributed by atoms with Gasteiger partial charge in [-0.3, -0.25) is 14.6 Å². The normalized spacial score (nSPS) is 13.5. The first-order chi connectivity index (χ1) is 19.9. The van der Waals surface area contributed by atoms with Gasteiger partial charge in [-0.05, 0) is 49.4 Å². The summed E-state index contributed by atoms with van der Waals surface area (Å²) in [7, 11) is 2.06. The first-order valence-electron chi connectivity index (χ1n) is 14.1. The molecule has 0 saturated carbocycles. The molecule has 2 aromatic carbocycles. The van der Waals surface area contributed by atoms with E-state index in [1.54, 1.807) is 12.1 Å². The Hall–Kier alpha value is -3.58. The second-order valence-corrected chi connectivity index (χ2v) is 10.8. The summed E-state index contributed by atoms with van der Waals surface area (Å²) >= 11 is 0. The molecule has 0 radical (unpaired) electrons. The largest absolute Gasteiger partial charge is 0.416 e. The zero-order chi connectivity index (χ0) is 30.8. The van der Waals surface area contributed by atoms with E-state index in [4.69, 9.17) is 17.2 Å². The van der Waals surface area contributed by atoms with E-state index in [0.717, 1.165) is 42.7 Å². The van der Waals surface area contributed by atoms with Crippen LogP contribution < -0.4 is 27.8 Å². The van der Waals surface area contributed by atoms with Crippen LogP contribution in [0, 0.1) is 0 Å².